The smallest absolute Gasteiger partial charge is 0.258 e. The Labute approximate surface area is 112 Å². The minimum absolute atomic E-state index is 0.224. The molecule has 4 nitrogen and oxygen atoms in total. The molecule has 0 spiro atoms. The molecule has 0 saturated heterocycles. The Bertz CT molecular complexity index is 719. The number of thiophene rings is 1. The molecule has 0 bridgehead atoms. The Balaban J connectivity index is 1.88. The van der Waals surface area contributed by atoms with Crippen LogP contribution in [-0.4, -0.2) is 15.9 Å². The summed E-state index contributed by atoms with van der Waals surface area (Å²) in [5, 5.41) is 5.50. The summed E-state index contributed by atoms with van der Waals surface area (Å²) in [5.74, 6) is -0.224. The highest BCUT2D eigenvalue weighted by atomic mass is 35.5. The van der Waals surface area contributed by atoms with Gasteiger partial charge in [-0.25, -0.2) is 4.98 Å². The second kappa shape index (κ2) is 4.44. The summed E-state index contributed by atoms with van der Waals surface area (Å²) in [4.78, 5) is 19.1. The molecule has 0 fully saturated rings. The maximum atomic E-state index is 11.9. The van der Waals surface area contributed by atoms with Crippen LogP contribution < -0.4 is 5.32 Å². The van der Waals surface area contributed by atoms with Crippen molar-refractivity contribution < 1.29 is 4.79 Å². The second-order valence-corrected chi connectivity index (χ2v) is 5.22. The highest BCUT2D eigenvalue weighted by Crippen LogP contribution is 2.24. The van der Waals surface area contributed by atoms with E-state index in [2.05, 4.69) is 15.3 Å². The molecule has 90 valence electrons. The zero-order chi connectivity index (χ0) is 12.5. The van der Waals surface area contributed by atoms with E-state index in [9.17, 15) is 4.79 Å². The molecule has 0 atom stereocenters. The number of amides is 1. The molecule has 0 aromatic carbocycles. The summed E-state index contributed by atoms with van der Waals surface area (Å²) in [6, 6.07) is 5.46. The highest BCUT2D eigenvalue weighted by molar-refractivity contribution is 7.14. The maximum Gasteiger partial charge on any atom is 0.258 e. The second-order valence-electron chi connectivity index (χ2n) is 3.70. The van der Waals surface area contributed by atoms with Crippen molar-refractivity contribution in [3.8, 4) is 0 Å². The first-order valence-corrected chi connectivity index (χ1v) is 6.47. The van der Waals surface area contributed by atoms with Gasteiger partial charge in [0.25, 0.3) is 5.91 Å². The van der Waals surface area contributed by atoms with E-state index < -0.39 is 0 Å². The van der Waals surface area contributed by atoms with Crippen LogP contribution in [0.5, 0.6) is 0 Å². The minimum Gasteiger partial charge on any atom is -0.346 e. The number of carbonyl (C=O) groups excluding carboxylic acids is 1. The number of H-pyrrole nitrogens is 1. The number of aromatic amines is 1. The normalized spacial score (nSPS) is 10.7. The Hall–Kier alpha value is -1.85. The molecule has 0 saturated carbocycles. The van der Waals surface area contributed by atoms with Gasteiger partial charge in [0.05, 0.1) is 17.4 Å². The monoisotopic (exact) mass is 277 g/mol. The van der Waals surface area contributed by atoms with Crippen molar-refractivity contribution in [1.29, 1.82) is 0 Å². The summed E-state index contributed by atoms with van der Waals surface area (Å²) < 4.78 is 0.489. The van der Waals surface area contributed by atoms with E-state index in [0.29, 0.717) is 15.6 Å². The zero-order valence-corrected chi connectivity index (χ0v) is 10.7. The lowest BCUT2D eigenvalue weighted by molar-refractivity contribution is 0.102. The van der Waals surface area contributed by atoms with Crippen LogP contribution >= 0.6 is 22.9 Å². The molecule has 2 N–H and O–H groups in total. The van der Waals surface area contributed by atoms with Crippen LogP contribution in [0.25, 0.3) is 11.0 Å². The van der Waals surface area contributed by atoms with Gasteiger partial charge in [0.2, 0.25) is 0 Å². The lowest BCUT2D eigenvalue weighted by atomic mass is 10.3. The van der Waals surface area contributed by atoms with Crippen molar-refractivity contribution in [2.45, 2.75) is 0 Å². The molecule has 18 heavy (non-hydrogen) atoms. The average molecular weight is 278 g/mol. The lowest BCUT2D eigenvalue weighted by Gasteiger charge is -2.03. The first-order chi connectivity index (χ1) is 8.74. The fourth-order valence-corrected chi connectivity index (χ4v) is 2.58. The SMILES string of the molecule is O=C(Nc1cnc2[nH]ccc2c1)c1ccsc1Cl. The average Bonchev–Trinajstić information content (AvgIpc) is 2.96. The van der Waals surface area contributed by atoms with Crippen LogP contribution in [-0.2, 0) is 0 Å². The summed E-state index contributed by atoms with van der Waals surface area (Å²) in [5.41, 5.74) is 1.92. The van der Waals surface area contributed by atoms with Gasteiger partial charge in [0.15, 0.2) is 0 Å². The number of nitrogens with zero attached hydrogens (tertiary/aromatic N) is 1. The number of fused-ring (bicyclic) bond motifs is 1. The van der Waals surface area contributed by atoms with Gasteiger partial charge in [-0.1, -0.05) is 11.6 Å². The van der Waals surface area contributed by atoms with Gasteiger partial charge in [-0.05, 0) is 23.6 Å². The number of hydrogen-bond donors (Lipinski definition) is 2. The van der Waals surface area contributed by atoms with Gasteiger partial charge in [-0.3, -0.25) is 4.79 Å². The van der Waals surface area contributed by atoms with E-state index in [1.165, 1.54) is 11.3 Å². The molecular formula is C12H8ClN3OS. The Morgan fingerprint density at radius 1 is 1.44 bits per heavy atom. The quantitative estimate of drug-likeness (QED) is 0.753. The number of hydrogen-bond acceptors (Lipinski definition) is 3. The molecule has 3 rings (SSSR count). The molecule has 0 aliphatic rings. The number of halogens is 1. The molecule has 3 aromatic heterocycles. The van der Waals surface area contributed by atoms with Crippen molar-refractivity contribution in [2.75, 3.05) is 5.32 Å². The van der Waals surface area contributed by atoms with E-state index in [-0.39, 0.29) is 5.91 Å². The largest absolute Gasteiger partial charge is 0.346 e. The van der Waals surface area contributed by atoms with Gasteiger partial charge in [-0.15, -0.1) is 11.3 Å². The molecule has 0 radical (unpaired) electrons. The van der Waals surface area contributed by atoms with Gasteiger partial charge >= 0.3 is 0 Å². The fourth-order valence-electron chi connectivity index (χ4n) is 1.66. The number of carbonyl (C=O) groups is 1. The predicted octanol–water partition coefficient (Wildman–Crippen LogP) is 3.53. The summed E-state index contributed by atoms with van der Waals surface area (Å²) >= 11 is 7.25. The van der Waals surface area contributed by atoms with Gasteiger partial charge < -0.3 is 10.3 Å². The van der Waals surface area contributed by atoms with Gasteiger partial charge in [0, 0.05) is 11.6 Å². The van der Waals surface area contributed by atoms with Gasteiger partial charge in [0.1, 0.15) is 9.98 Å². The Morgan fingerprint density at radius 2 is 2.33 bits per heavy atom. The molecule has 0 aliphatic carbocycles. The Kier molecular flexibility index (Phi) is 2.77. The van der Waals surface area contributed by atoms with Crippen molar-refractivity contribution in [1.82, 2.24) is 9.97 Å². The van der Waals surface area contributed by atoms with Gasteiger partial charge in [-0.2, -0.15) is 0 Å². The third kappa shape index (κ3) is 1.98. The van der Waals surface area contributed by atoms with Crippen molar-refractivity contribution in [3.63, 3.8) is 0 Å². The maximum absolute atomic E-state index is 11.9. The highest BCUT2D eigenvalue weighted by Gasteiger charge is 2.11. The van der Waals surface area contributed by atoms with E-state index in [1.807, 2.05) is 12.1 Å². The third-order valence-electron chi connectivity index (χ3n) is 2.52. The summed E-state index contributed by atoms with van der Waals surface area (Å²) in [7, 11) is 0. The van der Waals surface area contributed by atoms with E-state index in [0.717, 1.165) is 11.0 Å². The lowest BCUT2D eigenvalue weighted by Crippen LogP contribution is -2.11. The topological polar surface area (TPSA) is 57.8 Å². The Morgan fingerprint density at radius 3 is 3.11 bits per heavy atom. The van der Waals surface area contributed by atoms with Crippen molar-refractivity contribution in [2.24, 2.45) is 0 Å². The summed E-state index contributed by atoms with van der Waals surface area (Å²) in [6.07, 6.45) is 3.41. The van der Waals surface area contributed by atoms with Crippen molar-refractivity contribution >= 4 is 45.6 Å². The van der Waals surface area contributed by atoms with Crippen LogP contribution in [0, 0.1) is 0 Å². The molecule has 0 unspecified atom stereocenters. The zero-order valence-electron chi connectivity index (χ0n) is 9.11. The number of pyridine rings is 1. The van der Waals surface area contributed by atoms with Crippen LogP contribution in [0.2, 0.25) is 4.34 Å². The standard InChI is InChI=1S/C12H8ClN3OS/c13-10-9(2-4-18-10)12(17)16-8-5-7-1-3-14-11(7)15-6-8/h1-6H,(H,14,15)(H,16,17). The molecule has 3 aromatic rings. The molecule has 6 heteroatoms. The fraction of sp³-hybridized carbons (Fsp3) is 0. The van der Waals surface area contributed by atoms with E-state index in [4.69, 9.17) is 11.6 Å². The third-order valence-corrected chi connectivity index (χ3v) is 3.69. The first kappa shape index (κ1) is 11.3. The van der Waals surface area contributed by atoms with Crippen LogP contribution in [0.15, 0.2) is 36.0 Å². The van der Waals surface area contributed by atoms with E-state index in [1.54, 1.807) is 23.8 Å². The number of rotatable bonds is 2. The van der Waals surface area contributed by atoms with Crippen LogP contribution in [0.4, 0.5) is 5.69 Å². The van der Waals surface area contributed by atoms with E-state index >= 15 is 0 Å². The minimum atomic E-state index is -0.224. The first-order valence-electron chi connectivity index (χ1n) is 5.21. The predicted molar refractivity (Wildman–Crippen MR) is 73.4 cm³/mol. The van der Waals surface area contributed by atoms with Crippen molar-refractivity contribution in [3.05, 3.63) is 45.9 Å². The van der Waals surface area contributed by atoms with Crippen LogP contribution in [0.1, 0.15) is 10.4 Å². The number of anilines is 1. The molecule has 0 aliphatic heterocycles. The van der Waals surface area contributed by atoms with Crippen LogP contribution in [0.3, 0.4) is 0 Å². The molecule has 1 amide bonds. The number of nitrogens with one attached hydrogen (secondary N) is 2. The summed E-state index contributed by atoms with van der Waals surface area (Å²) in [6.45, 7) is 0. The molecular weight excluding hydrogens is 270 g/mol. The molecule has 3 heterocycles. The number of aromatic nitrogens is 2.